The molecular formula is C19H17N3O3. The van der Waals surface area contributed by atoms with Gasteiger partial charge in [0, 0.05) is 24.4 Å². The van der Waals surface area contributed by atoms with Crippen molar-refractivity contribution >= 4 is 5.91 Å². The highest BCUT2D eigenvalue weighted by Crippen LogP contribution is 2.32. The molecule has 0 bridgehead atoms. The summed E-state index contributed by atoms with van der Waals surface area (Å²) in [5, 5.41) is 17.3. The van der Waals surface area contributed by atoms with E-state index in [0.717, 1.165) is 11.1 Å². The van der Waals surface area contributed by atoms with Gasteiger partial charge in [-0.25, -0.2) is 0 Å². The number of benzene rings is 1. The van der Waals surface area contributed by atoms with E-state index in [1.165, 1.54) is 0 Å². The number of carbonyl (C=O) groups is 1. The third kappa shape index (κ3) is 2.70. The Morgan fingerprint density at radius 3 is 2.92 bits per heavy atom. The molecule has 25 heavy (non-hydrogen) atoms. The second kappa shape index (κ2) is 6.14. The Bertz CT molecular complexity index is 921. The molecule has 2 heterocycles. The molecule has 3 aromatic rings. The number of hydrogen-bond donors (Lipinski definition) is 2. The number of rotatable bonds is 3. The SMILES string of the molecule is Cc1onc(-c2cccnc2)c1C(=O)N[C@H]1c2ccccc2C[C@H]1O. The molecule has 6 heteroatoms. The first-order valence-electron chi connectivity index (χ1n) is 8.08. The molecule has 1 amide bonds. The van der Waals surface area contributed by atoms with E-state index < -0.39 is 12.1 Å². The Kier molecular flexibility index (Phi) is 3.82. The standard InChI is InChI=1S/C19H17N3O3/c1-11-16(17(22-25-11)13-6-4-8-20-10-13)19(24)21-18-14-7-3-2-5-12(14)9-15(18)23/h2-8,10,15,18,23H,9H2,1H3,(H,21,24)/t15-,18+/m1/s1. The molecular weight excluding hydrogens is 318 g/mol. The second-order valence-corrected chi connectivity index (χ2v) is 6.13. The lowest BCUT2D eigenvalue weighted by Gasteiger charge is -2.18. The smallest absolute Gasteiger partial charge is 0.257 e. The number of pyridine rings is 1. The highest BCUT2D eigenvalue weighted by Gasteiger charge is 2.33. The topological polar surface area (TPSA) is 88.2 Å². The van der Waals surface area contributed by atoms with Gasteiger partial charge in [-0.2, -0.15) is 0 Å². The van der Waals surface area contributed by atoms with Crippen LogP contribution in [0.4, 0.5) is 0 Å². The normalized spacial score (nSPS) is 18.8. The van der Waals surface area contributed by atoms with Gasteiger partial charge in [-0.15, -0.1) is 0 Å². The predicted molar refractivity (Wildman–Crippen MR) is 90.8 cm³/mol. The first kappa shape index (κ1) is 15.5. The Hall–Kier alpha value is -2.99. The van der Waals surface area contributed by atoms with Gasteiger partial charge in [0.15, 0.2) is 0 Å². The van der Waals surface area contributed by atoms with Crippen LogP contribution in [0.3, 0.4) is 0 Å². The largest absolute Gasteiger partial charge is 0.390 e. The van der Waals surface area contributed by atoms with Crippen molar-refractivity contribution in [2.75, 3.05) is 0 Å². The van der Waals surface area contributed by atoms with Gasteiger partial charge in [0.25, 0.3) is 5.91 Å². The summed E-state index contributed by atoms with van der Waals surface area (Å²) in [4.78, 5) is 17.0. The molecule has 0 unspecified atom stereocenters. The maximum absolute atomic E-state index is 12.9. The van der Waals surface area contributed by atoms with E-state index in [1.807, 2.05) is 30.3 Å². The highest BCUT2D eigenvalue weighted by molar-refractivity contribution is 6.01. The lowest BCUT2D eigenvalue weighted by atomic mass is 10.0. The maximum atomic E-state index is 12.9. The third-order valence-electron chi connectivity index (χ3n) is 4.52. The van der Waals surface area contributed by atoms with Crippen molar-refractivity contribution < 1.29 is 14.4 Å². The lowest BCUT2D eigenvalue weighted by molar-refractivity contribution is 0.0857. The number of nitrogens with one attached hydrogen (secondary N) is 1. The van der Waals surface area contributed by atoms with Gasteiger partial charge in [0.2, 0.25) is 0 Å². The molecule has 1 aliphatic carbocycles. The van der Waals surface area contributed by atoms with Crippen molar-refractivity contribution in [1.82, 2.24) is 15.5 Å². The number of amides is 1. The molecule has 0 saturated heterocycles. The number of aromatic nitrogens is 2. The summed E-state index contributed by atoms with van der Waals surface area (Å²) in [6.45, 7) is 1.70. The molecule has 2 atom stereocenters. The number of fused-ring (bicyclic) bond motifs is 1. The summed E-state index contributed by atoms with van der Waals surface area (Å²) in [7, 11) is 0. The zero-order valence-corrected chi connectivity index (χ0v) is 13.6. The van der Waals surface area contributed by atoms with Gasteiger partial charge in [-0.1, -0.05) is 29.4 Å². The third-order valence-corrected chi connectivity index (χ3v) is 4.52. The predicted octanol–water partition coefficient (Wildman–Crippen LogP) is 2.43. The molecule has 0 fully saturated rings. The summed E-state index contributed by atoms with van der Waals surface area (Å²) in [5.41, 5.74) is 3.51. The fourth-order valence-corrected chi connectivity index (χ4v) is 3.30. The monoisotopic (exact) mass is 335 g/mol. The van der Waals surface area contributed by atoms with E-state index in [-0.39, 0.29) is 5.91 Å². The number of nitrogens with zero attached hydrogens (tertiary/aromatic N) is 2. The van der Waals surface area contributed by atoms with E-state index in [1.54, 1.807) is 25.4 Å². The number of aliphatic hydroxyl groups is 1. The van der Waals surface area contributed by atoms with Crippen molar-refractivity contribution in [1.29, 1.82) is 0 Å². The molecule has 0 aliphatic heterocycles. The fraction of sp³-hybridized carbons (Fsp3) is 0.211. The molecule has 0 spiro atoms. The van der Waals surface area contributed by atoms with Gasteiger partial charge in [-0.3, -0.25) is 9.78 Å². The average molecular weight is 335 g/mol. The molecule has 0 saturated carbocycles. The molecule has 2 N–H and O–H groups in total. The van der Waals surface area contributed by atoms with Crippen LogP contribution in [0.1, 0.15) is 33.3 Å². The molecule has 1 aliphatic rings. The lowest BCUT2D eigenvalue weighted by Crippen LogP contribution is -2.34. The number of aliphatic hydroxyl groups excluding tert-OH is 1. The summed E-state index contributed by atoms with van der Waals surface area (Å²) in [5.74, 6) is 0.107. The summed E-state index contributed by atoms with van der Waals surface area (Å²) < 4.78 is 5.23. The highest BCUT2D eigenvalue weighted by atomic mass is 16.5. The van der Waals surface area contributed by atoms with Crippen LogP contribution >= 0.6 is 0 Å². The van der Waals surface area contributed by atoms with Crippen molar-refractivity contribution in [3.63, 3.8) is 0 Å². The Morgan fingerprint density at radius 1 is 1.28 bits per heavy atom. The van der Waals surface area contributed by atoms with Gasteiger partial charge in [0.05, 0.1) is 12.1 Å². The zero-order valence-electron chi connectivity index (χ0n) is 13.6. The van der Waals surface area contributed by atoms with Gasteiger partial charge < -0.3 is 14.9 Å². The molecule has 6 nitrogen and oxygen atoms in total. The van der Waals surface area contributed by atoms with Gasteiger partial charge >= 0.3 is 0 Å². The van der Waals surface area contributed by atoms with Crippen molar-refractivity contribution in [2.24, 2.45) is 0 Å². The minimum Gasteiger partial charge on any atom is -0.390 e. The quantitative estimate of drug-likeness (QED) is 0.767. The van der Waals surface area contributed by atoms with Crippen LogP contribution in [0.2, 0.25) is 0 Å². The fourth-order valence-electron chi connectivity index (χ4n) is 3.30. The van der Waals surface area contributed by atoms with Crippen molar-refractivity contribution in [2.45, 2.75) is 25.5 Å². The van der Waals surface area contributed by atoms with E-state index in [4.69, 9.17) is 4.52 Å². The van der Waals surface area contributed by atoms with E-state index >= 15 is 0 Å². The van der Waals surface area contributed by atoms with Crippen LogP contribution in [-0.4, -0.2) is 27.3 Å². The van der Waals surface area contributed by atoms with E-state index in [9.17, 15) is 9.90 Å². The Morgan fingerprint density at radius 2 is 2.12 bits per heavy atom. The first-order valence-corrected chi connectivity index (χ1v) is 8.08. The van der Waals surface area contributed by atoms with E-state index in [0.29, 0.717) is 29.0 Å². The van der Waals surface area contributed by atoms with Crippen LogP contribution in [0, 0.1) is 6.92 Å². The average Bonchev–Trinajstić information content (AvgIpc) is 3.16. The molecule has 4 rings (SSSR count). The number of aryl methyl sites for hydroxylation is 1. The molecule has 2 aromatic heterocycles. The molecule has 126 valence electrons. The number of carbonyl (C=O) groups excluding carboxylic acids is 1. The summed E-state index contributed by atoms with van der Waals surface area (Å²) in [6.07, 6.45) is 3.16. The Labute approximate surface area is 144 Å². The first-order chi connectivity index (χ1) is 12.1. The molecule has 0 radical (unpaired) electrons. The van der Waals surface area contributed by atoms with E-state index in [2.05, 4.69) is 15.5 Å². The van der Waals surface area contributed by atoms with Crippen molar-refractivity contribution in [3.05, 3.63) is 71.2 Å². The van der Waals surface area contributed by atoms with Crippen LogP contribution < -0.4 is 5.32 Å². The summed E-state index contributed by atoms with van der Waals surface area (Å²) >= 11 is 0. The van der Waals surface area contributed by atoms with Crippen LogP contribution in [0.25, 0.3) is 11.3 Å². The van der Waals surface area contributed by atoms with Crippen LogP contribution in [0.5, 0.6) is 0 Å². The minimum atomic E-state index is -0.650. The second-order valence-electron chi connectivity index (χ2n) is 6.13. The molecule has 1 aromatic carbocycles. The van der Waals surface area contributed by atoms with Gasteiger partial charge in [-0.05, 0) is 30.2 Å². The zero-order chi connectivity index (χ0) is 17.4. The summed E-state index contributed by atoms with van der Waals surface area (Å²) in [6, 6.07) is 10.9. The Balaban J connectivity index is 1.66. The number of hydrogen-bond acceptors (Lipinski definition) is 5. The van der Waals surface area contributed by atoms with Crippen LogP contribution in [0.15, 0.2) is 53.3 Å². The van der Waals surface area contributed by atoms with Crippen molar-refractivity contribution in [3.8, 4) is 11.3 Å². The van der Waals surface area contributed by atoms with Gasteiger partial charge in [0.1, 0.15) is 17.0 Å². The van der Waals surface area contributed by atoms with Crippen LogP contribution in [-0.2, 0) is 6.42 Å². The maximum Gasteiger partial charge on any atom is 0.257 e. The minimum absolute atomic E-state index is 0.321.